The maximum Gasteiger partial charge on any atom is 0.258 e. The number of nitrogens with zero attached hydrogens (tertiary/aromatic N) is 1. The number of ketones is 1. The van der Waals surface area contributed by atoms with Crippen LogP contribution in [0, 0.1) is 0 Å². The molecular formula is C10H10ClNO3. The third-order valence-electron chi connectivity index (χ3n) is 1.71. The quantitative estimate of drug-likeness (QED) is 0.488. The van der Waals surface area contributed by atoms with E-state index in [-0.39, 0.29) is 17.9 Å². The number of rotatable bonds is 3. The number of benzene rings is 1. The summed E-state index contributed by atoms with van der Waals surface area (Å²) in [5.74, 6) is -0.960. The van der Waals surface area contributed by atoms with Crippen LogP contribution in [0.25, 0.3) is 0 Å². The predicted molar refractivity (Wildman–Crippen MR) is 56.0 cm³/mol. The van der Waals surface area contributed by atoms with Gasteiger partial charge >= 0.3 is 0 Å². The highest BCUT2D eigenvalue weighted by atomic mass is 35.5. The molecule has 1 N–H and O–H groups in total. The monoisotopic (exact) mass is 227 g/mol. The fourth-order valence-electron chi connectivity index (χ4n) is 1.01. The molecule has 1 aromatic rings. The van der Waals surface area contributed by atoms with E-state index in [2.05, 4.69) is 0 Å². The molecule has 0 atom stereocenters. The standard InChI is InChI=1S/C10H10ClNO3/c1-7(13)6-10(14)12(15)9-4-2-8(11)3-5-9/h2-5,15H,6H2,1H3. The van der Waals surface area contributed by atoms with Gasteiger partial charge < -0.3 is 0 Å². The van der Waals surface area contributed by atoms with Gasteiger partial charge in [-0.3, -0.25) is 14.8 Å². The number of hydrogen-bond acceptors (Lipinski definition) is 3. The first-order valence-corrected chi connectivity index (χ1v) is 4.65. The zero-order chi connectivity index (χ0) is 11.4. The fraction of sp³-hybridized carbons (Fsp3) is 0.200. The Morgan fingerprint density at radius 1 is 1.33 bits per heavy atom. The van der Waals surface area contributed by atoms with E-state index in [1.165, 1.54) is 19.1 Å². The van der Waals surface area contributed by atoms with E-state index in [4.69, 9.17) is 11.6 Å². The first kappa shape index (κ1) is 11.7. The molecular weight excluding hydrogens is 218 g/mol. The molecule has 0 unspecified atom stereocenters. The molecule has 5 heteroatoms. The Hall–Kier alpha value is -1.39. The van der Waals surface area contributed by atoms with Crippen LogP contribution in [-0.2, 0) is 9.59 Å². The van der Waals surface area contributed by atoms with Crippen molar-refractivity contribution in [2.24, 2.45) is 0 Å². The molecule has 0 saturated carbocycles. The minimum atomic E-state index is -0.662. The van der Waals surface area contributed by atoms with Crippen molar-refractivity contribution in [3.63, 3.8) is 0 Å². The molecule has 15 heavy (non-hydrogen) atoms. The Balaban J connectivity index is 2.76. The van der Waals surface area contributed by atoms with Crippen molar-refractivity contribution in [3.05, 3.63) is 29.3 Å². The number of hydrogen-bond donors (Lipinski definition) is 1. The molecule has 0 radical (unpaired) electrons. The summed E-state index contributed by atoms with van der Waals surface area (Å²) in [6.45, 7) is 1.29. The SMILES string of the molecule is CC(=O)CC(=O)N(O)c1ccc(Cl)cc1. The molecule has 0 aromatic heterocycles. The number of halogens is 1. The van der Waals surface area contributed by atoms with Gasteiger partial charge in [0.1, 0.15) is 5.78 Å². The Bertz CT molecular complexity index is 375. The lowest BCUT2D eigenvalue weighted by atomic mass is 10.2. The second kappa shape index (κ2) is 4.91. The molecule has 1 rings (SSSR count). The summed E-state index contributed by atoms with van der Waals surface area (Å²) in [5, 5.41) is 10.4. The highest BCUT2D eigenvalue weighted by Crippen LogP contribution is 2.17. The maximum absolute atomic E-state index is 11.3. The van der Waals surface area contributed by atoms with E-state index in [1.54, 1.807) is 12.1 Å². The molecule has 0 fully saturated rings. The van der Waals surface area contributed by atoms with Crippen LogP contribution in [0.3, 0.4) is 0 Å². The van der Waals surface area contributed by atoms with Crippen molar-refractivity contribution >= 4 is 29.0 Å². The minimum Gasteiger partial charge on any atom is -0.299 e. The third-order valence-corrected chi connectivity index (χ3v) is 1.96. The van der Waals surface area contributed by atoms with Gasteiger partial charge in [-0.05, 0) is 31.2 Å². The second-order valence-corrected chi connectivity index (χ2v) is 3.50. The van der Waals surface area contributed by atoms with Crippen LogP contribution in [-0.4, -0.2) is 16.9 Å². The zero-order valence-electron chi connectivity index (χ0n) is 8.11. The average Bonchev–Trinajstić information content (AvgIpc) is 2.17. The van der Waals surface area contributed by atoms with Gasteiger partial charge in [0.15, 0.2) is 0 Å². The average molecular weight is 228 g/mol. The Morgan fingerprint density at radius 2 is 1.87 bits per heavy atom. The molecule has 0 spiro atoms. The summed E-state index contributed by atoms with van der Waals surface area (Å²) >= 11 is 5.64. The van der Waals surface area contributed by atoms with Crippen molar-refractivity contribution in [1.82, 2.24) is 0 Å². The molecule has 0 saturated heterocycles. The molecule has 4 nitrogen and oxygen atoms in total. The maximum atomic E-state index is 11.3. The molecule has 0 aliphatic heterocycles. The van der Waals surface area contributed by atoms with Crippen LogP contribution in [0.5, 0.6) is 0 Å². The van der Waals surface area contributed by atoms with Crippen LogP contribution in [0.1, 0.15) is 13.3 Å². The number of anilines is 1. The molecule has 1 aromatic carbocycles. The van der Waals surface area contributed by atoms with Crippen molar-refractivity contribution in [2.75, 3.05) is 5.06 Å². The summed E-state index contributed by atoms with van der Waals surface area (Å²) in [7, 11) is 0. The highest BCUT2D eigenvalue weighted by molar-refractivity contribution is 6.30. The van der Waals surface area contributed by atoms with Gasteiger partial charge in [-0.2, -0.15) is 5.06 Å². The van der Waals surface area contributed by atoms with Crippen LogP contribution in [0.4, 0.5) is 5.69 Å². The topological polar surface area (TPSA) is 57.6 Å². The summed E-state index contributed by atoms with van der Waals surface area (Å²) in [6.07, 6.45) is -0.320. The first-order valence-electron chi connectivity index (χ1n) is 4.27. The van der Waals surface area contributed by atoms with Gasteiger partial charge in [-0.15, -0.1) is 0 Å². The zero-order valence-corrected chi connectivity index (χ0v) is 8.86. The van der Waals surface area contributed by atoms with Crippen molar-refractivity contribution < 1.29 is 14.8 Å². The Morgan fingerprint density at radius 3 is 2.33 bits per heavy atom. The molecule has 0 aliphatic rings. The lowest BCUT2D eigenvalue weighted by Gasteiger charge is -2.13. The fourth-order valence-corrected chi connectivity index (χ4v) is 1.14. The molecule has 80 valence electrons. The molecule has 0 bridgehead atoms. The minimum absolute atomic E-state index is 0.283. The number of amides is 1. The van der Waals surface area contributed by atoms with Crippen molar-refractivity contribution in [2.45, 2.75) is 13.3 Å². The van der Waals surface area contributed by atoms with Gasteiger partial charge in [0, 0.05) is 5.02 Å². The van der Waals surface area contributed by atoms with Gasteiger partial charge in [-0.1, -0.05) is 11.6 Å². The van der Waals surface area contributed by atoms with Crippen LogP contribution in [0.2, 0.25) is 5.02 Å². The molecule has 0 aliphatic carbocycles. The van der Waals surface area contributed by atoms with E-state index in [0.717, 1.165) is 0 Å². The van der Waals surface area contributed by atoms with E-state index >= 15 is 0 Å². The Kier molecular flexibility index (Phi) is 3.82. The first-order chi connectivity index (χ1) is 7.00. The highest BCUT2D eigenvalue weighted by Gasteiger charge is 2.14. The second-order valence-electron chi connectivity index (χ2n) is 3.06. The summed E-state index contributed by atoms with van der Waals surface area (Å²) in [6, 6.07) is 6.06. The molecule has 0 heterocycles. The number of hydroxylamine groups is 1. The number of carbonyl (C=O) groups excluding carboxylic acids is 2. The molecule has 1 amide bonds. The summed E-state index contributed by atoms with van der Waals surface area (Å²) < 4.78 is 0. The predicted octanol–water partition coefficient (Wildman–Crippen LogP) is 2.04. The van der Waals surface area contributed by atoms with Gasteiger partial charge in [0.05, 0.1) is 12.1 Å². The van der Waals surface area contributed by atoms with E-state index in [0.29, 0.717) is 10.1 Å². The lowest BCUT2D eigenvalue weighted by molar-refractivity contribution is -0.128. The summed E-state index contributed by atoms with van der Waals surface area (Å²) in [5.41, 5.74) is 0.283. The normalized spacial score (nSPS) is 9.80. The van der Waals surface area contributed by atoms with E-state index < -0.39 is 5.91 Å². The van der Waals surface area contributed by atoms with E-state index in [9.17, 15) is 14.8 Å². The van der Waals surface area contributed by atoms with Gasteiger partial charge in [-0.25, -0.2) is 0 Å². The number of carbonyl (C=O) groups is 2. The smallest absolute Gasteiger partial charge is 0.258 e. The van der Waals surface area contributed by atoms with Gasteiger partial charge in [0.2, 0.25) is 0 Å². The third kappa shape index (κ3) is 3.34. The summed E-state index contributed by atoms with van der Waals surface area (Å²) in [4.78, 5) is 21.9. The van der Waals surface area contributed by atoms with Crippen molar-refractivity contribution in [3.8, 4) is 0 Å². The van der Waals surface area contributed by atoms with Crippen LogP contribution < -0.4 is 5.06 Å². The van der Waals surface area contributed by atoms with Crippen LogP contribution >= 0.6 is 11.6 Å². The van der Waals surface area contributed by atoms with Crippen LogP contribution in [0.15, 0.2) is 24.3 Å². The Labute approximate surface area is 92.0 Å². The van der Waals surface area contributed by atoms with E-state index in [1.807, 2.05) is 0 Å². The lowest BCUT2D eigenvalue weighted by Crippen LogP contribution is -2.28. The largest absolute Gasteiger partial charge is 0.299 e. The van der Waals surface area contributed by atoms with Crippen molar-refractivity contribution in [1.29, 1.82) is 0 Å². The van der Waals surface area contributed by atoms with Gasteiger partial charge in [0.25, 0.3) is 5.91 Å². The number of Topliss-reactive ketones (excluding diaryl/α,β-unsaturated/α-hetero) is 1.